The third-order valence-electron chi connectivity index (χ3n) is 4.46. The molecule has 0 aromatic heterocycles. The van der Waals surface area contributed by atoms with Crippen molar-refractivity contribution in [2.24, 2.45) is 5.92 Å². The van der Waals surface area contributed by atoms with Crippen LogP contribution in [0.25, 0.3) is 0 Å². The Kier molecular flexibility index (Phi) is 6.82. The summed E-state index contributed by atoms with van der Waals surface area (Å²) in [6, 6.07) is 10.2. The maximum atomic E-state index is 10.3. The minimum absolute atomic E-state index is 0.364. The molecule has 1 N–H and O–H groups in total. The molecule has 1 aliphatic heterocycles. The van der Waals surface area contributed by atoms with E-state index in [0.29, 0.717) is 32.2 Å². The lowest BCUT2D eigenvalue weighted by Crippen LogP contribution is -2.39. The number of rotatable bonds is 6. The Labute approximate surface area is 146 Å². The molecule has 1 atom stereocenters. The Morgan fingerprint density at radius 2 is 2.04 bits per heavy atom. The summed E-state index contributed by atoms with van der Waals surface area (Å²) in [5.41, 5.74) is 6.24. The van der Waals surface area contributed by atoms with Gasteiger partial charge >= 0.3 is 0 Å². The van der Waals surface area contributed by atoms with Gasteiger partial charge in [-0.1, -0.05) is 44.2 Å². The first-order chi connectivity index (χ1) is 11.4. The van der Waals surface area contributed by atoms with Crippen LogP contribution in [0.15, 0.2) is 47.2 Å². The van der Waals surface area contributed by atoms with Crippen molar-refractivity contribution in [2.45, 2.75) is 58.8 Å². The van der Waals surface area contributed by atoms with E-state index in [1.54, 1.807) is 0 Å². The third-order valence-corrected chi connectivity index (χ3v) is 4.46. The number of hydrogen-bond acceptors (Lipinski definition) is 3. The summed E-state index contributed by atoms with van der Waals surface area (Å²) in [4.78, 5) is 0. The summed E-state index contributed by atoms with van der Waals surface area (Å²) >= 11 is 0. The molecule has 2 rings (SSSR count). The Bertz CT molecular complexity index is 580. The SMILES string of the molecule is CC(C)C(=C=C1C(O)CCOC1(C)C)CCOCc1ccccc1. The van der Waals surface area contributed by atoms with E-state index in [9.17, 15) is 5.11 Å². The molecule has 0 saturated carbocycles. The number of aliphatic hydroxyl groups is 1. The topological polar surface area (TPSA) is 38.7 Å². The molecule has 0 aliphatic carbocycles. The second-order valence-electron chi connectivity index (χ2n) is 7.17. The van der Waals surface area contributed by atoms with E-state index >= 15 is 0 Å². The predicted molar refractivity (Wildman–Crippen MR) is 96.7 cm³/mol. The van der Waals surface area contributed by atoms with Gasteiger partial charge in [-0.25, -0.2) is 0 Å². The van der Waals surface area contributed by atoms with Crippen LogP contribution >= 0.6 is 0 Å². The number of aliphatic hydroxyl groups excluding tert-OH is 1. The lowest BCUT2D eigenvalue weighted by atomic mass is 9.87. The summed E-state index contributed by atoms with van der Waals surface area (Å²) < 4.78 is 11.6. The van der Waals surface area contributed by atoms with E-state index < -0.39 is 11.7 Å². The lowest BCUT2D eigenvalue weighted by Gasteiger charge is -2.35. The number of benzene rings is 1. The highest BCUT2D eigenvalue weighted by Crippen LogP contribution is 2.30. The minimum Gasteiger partial charge on any atom is -0.388 e. The first-order valence-electron chi connectivity index (χ1n) is 8.84. The zero-order chi connectivity index (χ0) is 17.6. The van der Waals surface area contributed by atoms with Gasteiger partial charge in [0.25, 0.3) is 0 Å². The number of hydrogen-bond donors (Lipinski definition) is 1. The van der Waals surface area contributed by atoms with Gasteiger partial charge in [0.1, 0.15) is 0 Å². The van der Waals surface area contributed by atoms with Crippen molar-refractivity contribution in [2.75, 3.05) is 13.2 Å². The maximum absolute atomic E-state index is 10.3. The quantitative estimate of drug-likeness (QED) is 0.625. The molecule has 1 aromatic carbocycles. The first-order valence-corrected chi connectivity index (χ1v) is 8.84. The Morgan fingerprint density at radius 3 is 2.67 bits per heavy atom. The molecule has 0 spiro atoms. The van der Waals surface area contributed by atoms with E-state index in [1.165, 1.54) is 11.1 Å². The smallest absolute Gasteiger partial charge is 0.0934 e. The highest BCUT2D eigenvalue weighted by molar-refractivity contribution is 5.24. The highest BCUT2D eigenvalue weighted by atomic mass is 16.5. The average Bonchev–Trinajstić information content (AvgIpc) is 2.53. The molecule has 1 fully saturated rings. The van der Waals surface area contributed by atoms with Gasteiger partial charge in [-0.05, 0) is 37.3 Å². The molecular weight excluding hydrogens is 300 g/mol. The molecule has 0 radical (unpaired) electrons. The van der Waals surface area contributed by atoms with Crippen LogP contribution in [0.1, 0.15) is 46.1 Å². The third kappa shape index (κ3) is 5.32. The summed E-state index contributed by atoms with van der Waals surface area (Å²) in [7, 11) is 0. The van der Waals surface area contributed by atoms with Crippen LogP contribution in [0.2, 0.25) is 0 Å². The second kappa shape index (κ2) is 8.64. The highest BCUT2D eigenvalue weighted by Gasteiger charge is 2.33. The van der Waals surface area contributed by atoms with Crippen molar-refractivity contribution in [1.29, 1.82) is 0 Å². The van der Waals surface area contributed by atoms with Gasteiger partial charge in [-0.15, -0.1) is 5.73 Å². The van der Waals surface area contributed by atoms with Crippen molar-refractivity contribution >= 4 is 0 Å². The van der Waals surface area contributed by atoms with Gasteiger partial charge in [0.05, 0.1) is 31.5 Å². The maximum Gasteiger partial charge on any atom is 0.0934 e. The molecule has 132 valence electrons. The molecule has 3 heteroatoms. The standard InChI is InChI=1S/C21H30O3/c1-16(2)18(10-12-23-15-17-8-6-5-7-9-17)14-19-20(22)11-13-24-21(19,3)4/h5-9,16,20,22H,10-13,15H2,1-4H3. The van der Waals surface area contributed by atoms with Gasteiger partial charge in [0.2, 0.25) is 0 Å². The van der Waals surface area contributed by atoms with Gasteiger partial charge < -0.3 is 14.6 Å². The molecule has 1 heterocycles. The zero-order valence-corrected chi connectivity index (χ0v) is 15.3. The summed E-state index contributed by atoms with van der Waals surface area (Å²) in [6.07, 6.45) is 0.992. The van der Waals surface area contributed by atoms with Crippen LogP contribution in [-0.4, -0.2) is 30.0 Å². The van der Waals surface area contributed by atoms with E-state index in [2.05, 4.69) is 31.7 Å². The molecular formula is C21H30O3. The van der Waals surface area contributed by atoms with Gasteiger partial charge in [-0.2, -0.15) is 0 Å². The second-order valence-corrected chi connectivity index (χ2v) is 7.17. The summed E-state index contributed by atoms with van der Waals surface area (Å²) in [5, 5.41) is 10.3. The molecule has 1 aliphatic rings. The van der Waals surface area contributed by atoms with Crippen molar-refractivity contribution < 1.29 is 14.6 Å². The van der Waals surface area contributed by atoms with Gasteiger partial charge in [0, 0.05) is 12.0 Å². The molecule has 1 unspecified atom stereocenters. The fourth-order valence-electron chi connectivity index (χ4n) is 2.90. The Morgan fingerprint density at radius 1 is 1.33 bits per heavy atom. The average molecular weight is 330 g/mol. The minimum atomic E-state index is -0.465. The fourth-order valence-corrected chi connectivity index (χ4v) is 2.90. The molecule has 1 saturated heterocycles. The van der Waals surface area contributed by atoms with Crippen molar-refractivity contribution in [1.82, 2.24) is 0 Å². The van der Waals surface area contributed by atoms with Crippen molar-refractivity contribution in [3.8, 4) is 0 Å². The van der Waals surface area contributed by atoms with E-state index in [-0.39, 0.29) is 0 Å². The molecule has 1 aromatic rings. The first kappa shape index (κ1) is 19.0. The largest absolute Gasteiger partial charge is 0.388 e. The van der Waals surface area contributed by atoms with Crippen LogP contribution < -0.4 is 0 Å². The Hall–Kier alpha value is -1.38. The summed E-state index contributed by atoms with van der Waals surface area (Å²) in [6.45, 7) is 10.2. The Balaban J connectivity index is 2.04. The van der Waals surface area contributed by atoms with Crippen molar-refractivity contribution in [3.05, 3.63) is 52.8 Å². The van der Waals surface area contributed by atoms with E-state index in [1.807, 2.05) is 32.0 Å². The van der Waals surface area contributed by atoms with Crippen LogP contribution in [0, 0.1) is 5.92 Å². The van der Waals surface area contributed by atoms with Crippen LogP contribution in [0.3, 0.4) is 0 Å². The van der Waals surface area contributed by atoms with Crippen LogP contribution in [0.4, 0.5) is 0 Å². The summed E-state index contributed by atoms with van der Waals surface area (Å²) in [5.74, 6) is 0.364. The normalized spacial score (nSPS) is 20.1. The number of ether oxygens (including phenoxy) is 2. The van der Waals surface area contributed by atoms with Gasteiger partial charge in [-0.3, -0.25) is 0 Å². The van der Waals surface area contributed by atoms with E-state index in [4.69, 9.17) is 9.47 Å². The molecule has 24 heavy (non-hydrogen) atoms. The molecule has 3 nitrogen and oxygen atoms in total. The molecule has 0 bridgehead atoms. The van der Waals surface area contributed by atoms with Gasteiger partial charge in [0.15, 0.2) is 0 Å². The van der Waals surface area contributed by atoms with E-state index in [0.717, 1.165) is 12.0 Å². The predicted octanol–water partition coefficient (Wildman–Crippen LogP) is 4.26. The van der Waals surface area contributed by atoms with Crippen molar-refractivity contribution in [3.63, 3.8) is 0 Å². The monoisotopic (exact) mass is 330 g/mol. The lowest BCUT2D eigenvalue weighted by molar-refractivity contribution is -0.0485. The zero-order valence-electron chi connectivity index (χ0n) is 15.3. The van der Waals surface area contributed by atoms with Crippen LogP contribution in [0.5, 0.6) is 0 Å². The molecule has 0 amide bonds. The van der Waals surface area contributed by atoms with Crippen LogP contribution in [-0.2, 0) is 16.1 Å². The fraction of sp³-hybridized carbons (Fsp3) is 0.571.